The summed E-state index contributed by atoms with van der Waals surface area (Å²) in [6.45, 7) is 15.9. The zero-order chi connectivity index (χ0) is 43.3. The van der Waals surface area contributed by atoms with E-state index in [1.54, 1.807) is 27.7 Å². The molecule has 0 unspecified atom stereocenters. The summed E-state index contributed by atoms with van der Waals surface area (Å²) in [7, 11) is 0. The van der Waals surface area contributed by atoms with Crippen LogP contribution in [-0.2, 0) is 44.9 Å². The van der Waals surface area contributed by atoms with E-state index in [-0.39, 0.29) is 0 Å². The second kappa shape index (κ2) is 21.5. The van der Waals surface area contributed by atoms with Gasteiger partial charge in [-0.1, -0.05) is 62.8 Å². The van der Waals surface area contributed by atoms with Crippen molar-refractivity contribution in [1.82, 2.24) is 0 Å². The third-order valence-electron chi connectivity index (χ3n) is 13.8. The van der Waals surface area contributed by atoms with E-state index in [1.807, 2.05) is 0 Å². The highest BCUT2D eigenvalue weighted by molar-refractivity contribution is 5.78. The second-order valence-electron chi connectivity index (χ2n) is 19.4. The minimum Gasteiger partial charge on any atom is -0.481 e. The van der Waals surface area contributed by atoms with Gasteiger partial charge in [0.1, 0.15) is 0 Å². The molecule has 2 fully saturated rings. The van der Waals surface area contributed by atoms with Gasteiger partial charge in [-0.05, 0) is 203 Å². The number of carboxylic acids is 4. The molecule has 0 amide bonds. The normalized spacial score (nSPS) is 15.3. The Morgan fingerprint density at radius 2 is 0.793 bits per heavy atom. The van der Waals surface area contributed by atoms with Crippen molar-refractivity contribution in [3.8, 4) is 0 Å². The molecular formula is C50H76O8. The lowest BCUT2D eigenvalue weighted by molar-refractivity contribution is -0.148. The van der Waals surface area contributed by atoms with E-state index < -0.39 is 45.5 Å². The van der Waals surface area contributed by atoms with Gasteiger partial charge in [0.25, 0.3) is 0 Å². The Bertz CT molecular complexity index is 1640. The molecule has 2 aromatic rings. The maximum Gasteiger partial charge on any atom is 0.309 e. The fourth-order valence-corrected chi connectivity index (χ4v) is 8.28. The second-order valence-corrected chi connectivity index (χ2v) is 19.4. The molecule has 2 saturated carbocycles. The van der Waals surface area contributed by atoms with E-state index in [2.05, 4.69) is 52.0 Å². The molecule has 2 aliphatic carbocycles. The van der Waals surface area contributed by atoms with E-state index in [4.69, 9.17) is 0 Å². The first-order valence-corrected chi connectivity index (χ1v) is 22.3. The fourth-order valence-electron chi connectivity index (χ4n) is 8.28. The first-order chi connectivity index (χ1) is 27.2. The Hall–Kier alpha value is -3.68. The van der Waals surface area contributed by atoms with Gasteiger partial charge in [-0.3, -0.25) is 19.2 Å². The average Bonchev–Trinajstić information content (AvgIpc) is 4.09. The van der Waals surface area contributed by atoms with Gasteiger partial charge in [0.2, 0.25) is 0 Å². The first kappa shape index (κ1) is 48.7. The Kier molecular flexibility index (Phi) is 18.1. The highest BCUT2D eigenvalue weighted by atomic mass is 16.4. The highest BCUT2D eigenvalue weighted by Crippen LogP contribution is 2.51. The van der Waals surface area contributed by atoms with Crippen molar-refractivity contribution in [3.63, 3.8) is 0 Å². The molecule has 0 saturated heterocycles. The van der Waals surface area contributed by atoms with Crippen LogP contribution in [0, 0.1) is 49.4 Å². The van der Waals surface area contributed by atoms with Gasteiger partial charge in [0, 0.05) is 0 Å². The van der Waals surface area contributed by atoms with Crippen LogP contribution in [-0.4, -0.2) is 44.3 Å². The van der Waals surface area contributed by atoms with Gasteiger partial charge >= 0.3 is 23.9 Å². The van der Waals surface area contributed by atoms with Gasteiger partial charge in [0.05, 0.1) is 21.7 Å². The largest absolute Gasteiger partial charge is 0.481 e. The topological polar surface area (TPSA) is 149 Å². The summed E-state index contributed by atoms with van der Waals surface area (Å²) < 4.78 is 0. The summed E-state index contributed by atoms with van der Waals surface area (Å²) in [5.41, 5.74) is 8.92. The van der Waals surface area contributed by atoms with Gasteiger partial charge in [-0.25, -0.2) is 0 Å². The Labute approximate surface area is 349 Å². The number of rotatable bonds is 26. The third-order valence-corrected chi connectivity index (χ3v) is 13.8. The van der Waals surface area contributed by atoms with E-state index in [9.17, 15) is 39.6 Å². The Morgan fingerprint density at radius 1 is 0.483 bits per heavy atom. The van der Waals surface area contributed by atoms with E-state index in [0.717, 1.165) is 141 Å². The quantitative estimate of drug-likeness (QED) is 0.0687. The Balaban J connectivity index is 0.000000310. The van der Waals surface area contributed by atoms with Crippen molar-refractivity contribution in [3.05, 3.63) is 68.8 Å². The molecule has 4 N–H and O–H groups in total. The predicted molar refractivity (Wildman–Crippen MR) is 233 cm³/mol. The summed E-state index contributed by atoms with van der Waals surface area (Å²) in [4.78, 5) is 44.9. The van der Waals surface area contributed by atoms with Crippen LogP contribution in [0.1, 0.15) is 188 Å². The third kappa shape index (κ3) is 14.5. The molecule has 0 atom stereocenters. The summed E-state index contributed by atoms with van der Waals surface area (Å²) in [6.07, 6.45) is 20.9. The molecule has 0 bridgehead atoms. The smallest absolute Gasteiger partial charge is 0.309 e. The zero-order valence-electron chi connectivity index (χ0n) is 37.3. The van der Waals surface area contributed by atoms with Crippen LogP contribution in [0.15, 0.2) is 24.3 Å². The molecule has 0 spiro atoms. The number of carboxylic acid groups (broad SMARTS) is 4. The number of benzene rings is 2. The highest BCUT2D eigenvalue weighted by Gasteiger charge is 2.49. The van der Waals surface area contributed by atoms with Crippen molar-refractivity contribution in [1.29, 1.82) is 0 Å². The average molecular weight is 805 g/mol. The SMILES string of the molecule is Cc1c(CCCCCC(C)(C)C(=O)O)ccc(CCCCC2(C(=O)O)CC2)c1C.Cc1cc(CCCCC2(C(=O)O)CC2)c(C)cc1CCCCCC(C)(C)C(=O)O. The molecule has 0 heterocycles. The van der Waals surface area contributed by atoms with Crippen molar-refractivity contribution < 1.29 is 39.6 Å². The fraction of sp³-hybridized carbons (Fsp3) is 0.680. The minimum absolute atomic E-state index is 0.394. The lowest BCUT2D eigenvalue weighted by Gasteiger charge is -2.18. The van der Waals surface area contributed by atoms with Gasteiger partial charge < -0.3 is 20.4 Å². The van der Waals surface area contributed by atoms with Crippen LogP contribution in [0.3, 0.4) is 0 Å². The maximum atomic E-state index is 11.3. The molecule has 2 aliphatic rings. The number of hydrogen-bond acceptors (Lipinski definition) is 4. The van der Waals surface area contributed by atoms with Crippen LogP contribution < -0.4 is 0 Å². The summed E-state index contributed by atoms with van der Waals surface area (Å²) in [6, 6.07) is 9.11. The molecule has 0 aromatic heterocycles. The lowest BCUT2D eigenvalue weighted by Crippen LogP contribution is -2.23. The van der Waals surface area contributed by atoms with Crippen LogP contribution >= 0.6 is 0 Å². The summed E-state index contributed by atoms with van der Waals surface area (Å²) >= 11 is 0. The number of carbonyl (C=O) groups is 4. The molecule has 0 aliphatic heterocycles. The molecule has 324 valence electrons. The van der Waals surface area contributed by atoms with Crippen LogP contribution in [0.5, 0.6) is 0 Å². The molecule has 8 nitrogen and oxygen atoms in total. The lowest BCUT2D eigenvalue weighted by atomic mass is 9.86. The predicted octanol–water partition coefficient (Wildman–Crippen LogP) is 12.2. The number of unbranched alkanes of at least 4 members (excludes halogenated alkanes) is 6. The van der Waals surface area contributed by atoms with Gasteiger partial charge in [-0.15, -0.1) is 0 Å². The minimum atomic E-state index is -0.713. The molecule has 4 rings (SSSR count). The van der Waals surface area contributed by atoms with Crippen LogP contribution in [0.25, 0.3) is 0 Å². The zero-order valence-corrected chi connectivity index (χ0v) is 37.3. The Morgan fingerprint density at radius 3 is 1.09 bits per heavy atom. The number of aryl methyl sites for hydroxylation is 6. The van der Waals surface area contributed by atoms with Gasteiger partial charge in [-0.2, -0.15) is 0 Å². The summed E-state index contributed by atoms with van der Waals surface area (Å²) in [5, 5.41) is 36.9. The standard InChI is InChI=1S/2C25H38O4/c1-18-19(2)21(11-7-9-15-25(16-17-25)23(28)29)13-12-20(18)10-6-5-8-14-24(3,4)22(26)27;1-18-17-21(11-7-9-13-25(14-15-25)23(28)29)19(2)16-20(18)10-6-5-8-12-24(3,4)22(26)27/h12-13H,5-11,14-17H2,1-4H3,(H,26,27)(H,28,29);16-17H,5-15H2,1-4H3,(H,26,27)(H,28,29). The van der Waals surface area contributed by atoms with Crippen LogP contribution in [0.4, 0.5) is 0 Å². The van der Waals surface area contributed by atoms with Crippen molar-refractivity contribution in [2.24, 2.45) is 21.7 Å². The number of hydrogen-bond donors (Lipinski definition) is 4. The first-order valence-electron chi connectivity index (χ1n) is 22.3. The summed E-state index contributed by atoms with van der Waals surface area (Å²) in [5.74, 6) is -2.65. The van der Waals surface area contributed by atoms with E-state index >= 15 is 0 Å². The molecule has 2 aromatic carbocycles. The molecule has 58 heavy (non-hydrogen) atoms. The van der Waals surface area contributed by atoms with E-state index in [1.165, 1.54) is 44.5 Å². The molecule has 0 radical (unpaired) electrons. The van der Waals surface area contributed by atoms with Crippen molar-refractivity contribution >= 4 is 23.9 Å². The van der Waals surface area contributed by atoms with Crippen LogP contribution in [0.2, 0.25) is 0 Å². The van der Waals surface area contributed by atoms with Gasteiger partial charge in [0.15, 0.2) is 0 Å². The van der Waals surface area contributed by atoms with E-state index in [0.29, 0.717) is 0 Å². The number of aliphatic carboxylic acids is 4. The van der Waals surface area contributed by atoms with Crippen molar-refractivity contribution in [2.45, 2.75) is 197 Å². The monoisotopic (exact) mass is 805 g/mol. The van der Waals surface area contributed by atoms with Crippen molar-refractivity contribution in [2.75, 3.05) is 0 Å². The molecule has 8 heteroatoms. The maximum absolute atomic E-state index is 11.3. The molecular weight excluding hydrogens is 729 g/mol.